The maximum absolute atomic E-state index is 14.5. The Morgan fingerprint density at radius 2 is 1.96 bits per heavy atom. The van der Waals surface area contributed by atoms with Gasteiger partial charge in [0.25, 0.3) is 0 Å². The van der Waals surface area contributed by atoms with E-state index in [4.69, 9.17) is 5.73 Å². The monoisotopic (exact) mass is 341 g/mol. The van der Waals surface area contributed by atoms with Gasteiger partial charge in [0.05, 0.1) is 17.8 Å². The average molecular weight is 341 g/mol. The van der Waals surface area contributed by atoms with Crippen molar-refractivity contribution in [2.45, 2.75) is 44.7 Å². The van der Waals surface area contributed by atoms with Crippen molar-refractivity contribution in [3.05, 3.63) is 65.2 Å². The number of pyridine rings is 1. The molecule has 2 atom stereocenters. The predicted molar refractivity (Wildman–Crippen MR) is 95.5 cm³/mol. The molecular formula is C20H24FN3O. The molecule has 2 aromatic rings. The van der Waals surface area contributed by atoms with Gasteiger partial charge in [0, 0.05) is 5.56 Å². The van der Waals surface area contributed by atoms with Gasteiger partial charge < -0.3 is 5.73 Å². The highest BCUT2D eigenvalue weighted by Gasteiger charge is 2.36. The van der Waals surface area contributed by atoms with Crippen LogP contribution in [-0.4, -0.2) is 28.4 Å². The zero-order valence-electron chi connectivity index (χ0n) is 14.7. The van der Waals surface area contributed by atoms with Crippen LogP contribution in [0.5, 0.6) is 0 Å². The van der Waals surface area contributed by atoms with Crippen LogP contribution in [0.2, 0.25) is 0 Å². The van der Waals surface area contributed by atoms with E-state index in [1.807, 2.05) is 50.2 Å². The Balaban J connectivity index is 2.06. The summed E-state index contributed by atoms with van der Waals surface area (Å²) in [5, 5.41) is 0. The minimum Gasteiger partial charge on any atom is -0.368 e. The van der Waals surface area contributed by atoms with E-state index in [0.29, 0.717) is 11.3 Å². The molecule has 1 unspecified atom stereocenters. The molecule has 1 aliphatic heterocycles. The van der Waals surface area contributed by atoms with Crippen molar-refractivity contribution in [2.24, 2.45) is 5.73 Å². The third-order valence-corrected chi connectivity index (χ3v) is 4.87. The first-order valence-corrected chi connectivity index (χ1v) is 8.75. The summed E-state index contributed by atoms with van der Waals surface area (Å²) in [4.78, 5) is 18.2. The Hall–Kier alpha value is -2.27. The summed E-state index contributed by atoms with van der Waals surface area (Å²) in [6, 6.07) is 12.8. The van der Waals surface area contributed by atoms with Crippen LogP contribution in [0.3, 0.4) is 0 Å². The maximum Gasteiger partial charge on any atom is 0.234 e. The number of rotatable bonds is 5. The van der Waals surface area contributed by atoms with Crippen LogP contribution in [0, 0.1) is 5.95 Å². The van der Waals surface area contributed by atoms with Crippen molar-refractivity contribution >= 4 is 5.91 Å². The fraction of sp³-hybridized carbons (Fsp3) is 0.400. The van der Waals surface area contributed by atoms with E-state index in [2.05, 4.69) is 9.88 Å². The van der Waals surface area contributed by atoms with E-state index in [1.165, 1.54) is 0 Å². The molecule has 0 bridgehead atoms. The average Bonchev–Trinajstić information content (AvgIpc) is 3.05. The molecule has 1 amide bonds. The van der Waals surface area contributed by atoms with Crippen molar-refractivity contribution in [1.29, 1.82) is 0 Å². The lowest BCUT2D eigenvalue weighted by Crippen LogP contribution is -2.43. The summed E-state index contributed by atoms with van der Waals surface area (Å²) in [5.74, 6) is -0.706. The molecule has 1 aromatic carbocycles. The van der Waals surface area contributed by atoms with Gasteiger partial charge in [-0.25, -0.2) is 4.98 Å². The van der Waals surface area contributed by atoms with E-state index in [9.17, 15) is 9.18 Å². The minimum atomic E-state index is -0.441. The molecule has 2 heterocycles. The van der Waals surface area contributed by atoms with Crippen LogP contribution in [0.1, 0.15) is 55.5 Å². The Labute approximate surface area is 147 Å². The number of amides is 1. The lowest BCUT2D eigenvalue weighted by molar-refractivity contribution is -0.122. The third-order valence-electron chi connectivity index (χ3n) is 4.87. The Morgan fingerprint density at radius 1 is 1.24 bits per heavy atom. The van der Waals surface area contributed by atoms with Crippen LogP contribution < -0.4 is 5.73 Å². The summed E-state index contributed by atoms with van der Waals surface area (Å²) >= 11 is 0. The standard InChI is InChI=1S/C20H24FN3O/c1-13(2)15-10-11-16(23-19(15)21)18(14-7-4-3-5-8-14)24-12-6-9-17(24)20(22)25/h3-5,7-8,10-11,13,17-18H,6,9,12H2,1-2H3,(H2,22,25)/t17?,18-/m0/s1. The van der Waals surface area contributed by atoms with Gasteiger partial charge in [0.2, 0.25) is 11.9 Å². The number of carbonyl (C=O) groups excluding carboxylic acids is 1. The number of nitrogens with zero attached hydrogens (tertiary/aromatic N) is 2. The van der Waals surface area contributed by atoms with E-state index in [0.717, 1.165) is 24.9 Å². The number of carbonyl (C=O) groups is 1. The topological polar surface area (TPSA) is 59.2 Å². The highest BCUT2D eigenvalue weighted by atomic mass is 19.1. The summed E-state index contributed by atoms with van der Waals surface area (Å²) in [6.07, 6.45) is 1.62. The first-order chi connectivity index (χ1) is 12.0. The molecule has 132 valence electrons. The quantitative estimate of drug-likeness (QED) is 0.848. The highest BCUT2D eigenvalue weighted by molar-refractivity contribution is 5.80. The van der Waals surface area contributed by atoms with E-state index in [-0.39, 0.29) is 23.9 Å². The molecule has 3 rings (SSSR count). The maximum atomic E-state index is 14.5. The second-order valence-electron chi connectivity index (χ2n) is 6.88. The second kappa shape index (κ2) is 7.31. The van der Waals surface area contributed by atoms with Gasteiger partial charge >= 0.3 is 0 Å². The van der Waals surface area contributed by atoms with Crippen LogP contribution in [0.25, 0.3) is 0 Å². The Morgan fingerprint density at radius 3 is 2.56 bits per heavy atom. The number of aromatic nitrogens is 1. The van der Waals surface area contributed by atoms with Crippen molar-refractivity contribution in [2.75, 3.05) is 6.54 Å². The summed E-state index contributed by atoms with van der Waals surface area (Å²) in [6.45, 7) is 4.62. The molecule has 0 radical (unpaired) electrons. The van der Waals surface area contributed by atoms with Gasteiger partial charge in [-0.2, -0.15) is 4.39 Å². The van der Waals surface area contributed by atoms with Crippen molar-refractivity contribution < 1.29 is 9.18 Å². The fourth-order valence-corrected chi connectivity index (χ4v) is 3.61. The summed E-state index contributed by atoms with van der Waals surface area (Å²) < 4.78 is 14.5. The number of likely N-dealkylation sites (tertiary alicyclic amines) is 1. The van der Waals surface area contributed by atoms with Crippen molar-refractivity contribution in [3.8, 4) is 0 Å². The summed E-state index contributed by atoms with van der Waals surface area (Å²) in [5.41, 5.74) is 7.80. The zero-order valence-corrected chi connectivity index (χ0v) is 14.7. The molecular weight excluding hydrogens is 317 g/mol. The molecule has 2 N–H and O–H groups in total. The number of hydrogen-bond acceptors (Lipinski definition) is 3. The highest BCUT2D eigenvalue weighted by Crippen LogP contribution is 2.34. The third kappa shape index (κ3) is 3.56. The number of halogens is 1. The molecule has 25 heavy (non-hydrogen) atoms. The molecule has 4 nitrogen and oxygen atoms in total. The normalized spacial score (nSPS) is 19.3. The van der Waals surface area contributed by atoms with E-state index < -0.39 is 5.95 Å². The van der Waals surface area contributed by atoms with Gasteiger partial charge in [-0.05, 0) is 36.9 Å². The van der Waals surface area contributed by atoms with Gasteiger partial charge in [-0.15, -0.1) is 0 Å². The Bertz CT molecular complexity index is 748. The fourth-order valence-electron chi connectivity index (χ4n) is 3.61. The molecule has 0 spiro atoms. The molecule has 1 aliphatic rings. The van der Waals surface area contributed by atoms with Crippen LogP contribution >= 0.6 is 0 Å². The van der Waals surface area contributed by atoms with Gasteiger partial charge in [-0.3, -0.25) is 9.69 Å². The SMILES string of the molecule is CC(C)c1ccc([C@H](c2ccccc2)N2CCCC2C(N)=O)nc1F. The molecule has 0 saturated carbocycles. The predicted octanol–water partition coefficient (Wildman–Crippen LogP) is 3.38. The zero-order chi connectivity index (χ0) is 18.0. The largest absolute Gasteiger partial charge is 0.368 e. The molecule has 1 saturated heterocycles. The molecule has 0 aliphatic carbocycles. The molecule has 1 fully saturated rings. The number of hydrogen-bond donors (Lipinski definition) is 1. The van der Waals surface area contributed by atoms with Crippen LogP contribution in [0.15, 0.2) is 42.5 Å². The van der Waals surface area contributed by atoms with Gasteiger partial charge in [-0.1, -0.05) is 50.2 Å². The van der Waals surface area contributed by atoms with E-state index in [1.54, 1.807) is 6.07 Å². The summed E-state index contributed by atoms with van der Waals surface area (Å²) in [7, 11) is 0. The minimum absolute atomic E-state index is 0.0712. The second-order valence-corrected chi connectivity index (χ2v) is 6.88. The van der Waals surface area contributed by atoms with Gasteiger partial charge in [0.1, 0.15) is 0 Å². The number of benzene rings is 1. The smallest absolute Gasteiger partial charge is 0.234 e. The van der Waals surface area contributed by atoms with Crippen LogP contribution in [0.4, 0.5) is 4.39 Å². The lowest BCUT2D eigenvalue weighted by Gasteiger charge is -2.32. The lowest BCUT2D eigenvalue weighted by atomic mass is 9.98. The van der Waals surface area contributed by atoms with Gasteiger partial charge in [0.15, 0.2) is 0 Å². The number of primary amides is 1. The first-order valence-electron chi connectivity index (χ1n) is 8.75. The van der Waals surface area contributed by atoms with Crippen LogP contribution in [-0.2, 0) is 4.79 Å². The van der Waals surface area contributed by atoms with Crippen molar-refractivity contribution in [3.63, 3.8) is 0 Å². The van der Waals surface area contributed by atoms with E-state index >= 15 is 0 Å². The van der Waals surface area contributed by atoms with Crippen molar-refractivity contribution in [1.82, 2.24) is 9.88 Å². The Kier molecular flexibility index (Phi) is 5.13. The first kappa shape index (κ1) is 17.5. The molecule has 5 heteroatoms. The number of nitrogens with two attached hydrogens (primary N) is 1. The molecule has 1 aromatic heterocycles.